The van der Waals surface area contributed by atoms with Crippen molar-refractivity contribution >= 4 is 29.6 Å². The van der Waals surface area contributed by atoms with Gasteiger partial charge in [0.1, 0.15) is 23.6 Å². The number of carbonyl (C=O) groups is 5. The SMILES string of the molecule is NC(=O)CCC(N)C(=O)NC(Cc1ccc(O)cc1)C(=O)NCC(=O)NC(Cc1ccc(O)cc1)C(=O)O. The van der Waals surface area contributed by atoms with Gasteiger partial charge in [-0.1, -0.05) is 24.3 Å². The monoisotopic (exact) mass is 529 g/mol. The fourth-order valence-electron chi connectivity index (χ4n) is 3.39. The van der Waals surface area contributed by atoms with Crippen molar-refractivity contribution in [2.45, 2.75) is 43.8 Å². The fraction of sp³-hybridized carbons (Fsp3) is 0.320. The Kier molecular flexibility index (Phi) is 11.0. The number of carbonyl (C=O) groups excluding carboxylic acids is 4. The predicted octanol–water partition coefficient (Wildman–Crippen LogP) is -1.35. The van der Waals surface area contributed by atoms with Gasteiger partial charge in [0.05, 0.1) is 12.6 Å². The number of carboxylic acids is 1. The number of phenolic OH excluding ortho intramolecular Hbond substituents is 2. The summed E-state index contributed by atoms with van der Waals surface area (Å²) in [6.45, 7) is -0.576. The molecule has 0 spiro atoms. The van der Waals surface area contributed by atoms with Gasteiger partial charge >= 0.3 is 5.97 Å². The number of phenols is 2. The number of aromatic hydroxyl groups is 2. The number of rotatable bonds is 14. The first-order valence-corrected chi connectivity index (χ1v) is 11.6. The van der Waals surface area contributed by atoms with Gasteiger partial charge in [0.25, 0.3) is 0 Å². The molecule has 0 heterocycles. The molecule has 10 N–H and O–H groups in total. The van der Waals surface area contributed by atoms with E-state index in [1.807, 2.05) is 0 Å². The molecule has 0 saturated heterocycles. The van der Waals surface area contributed by atoms with Crippen LogP contribution in [0.25, 0.3) is 0 Å². The highest BCUT2D eigenvalue weighted by Gasteiger charge is 2.26. The van der Waals surface area contributed by atoms with Gasteiger partial charge in [0.2, 0.25) is 23.6 Å². The molecule has 204 valence electrons. The summed E-state index contributed by atoms with van der Waals surface area (Å²) in [6, 6.07) is 8.12. The number of primary amides is 1. The van der Waals surface area contributed by atoms with Crippen molar-refractivity contribution in [2.75, 3.05) is 6.54 Å². The molecule has 0 aromatic heterocycles. The van der Waals surface area contributed by atoms with Crippen LogP contribution in [0, 0.1) is 0 Å². The van der Waals surface area contributed by atoms with Crippen LogP contribution in [0.1, 0.15) is 24.0 Å². The van der Waals surface area contributed by atoms with Crippen molar-refractivity contribution in [3.8, 4) is 11.5 Å². The van der Waals surface area contributed by atoms with Gasteiger partial charge in [-0.2, -0.15) is 0 Å². The summed E-state index contributed by atoms with van der Waals surface area (Å²) in [4.78, 5) is 60.3. The highest BCUT2D eigenvalue weighted by molar-refractivity contribution is 5.93. The summed E-state index contributed by atoms with van der Waals surface area (Å²) in [7, 11) is 0. The zero-order valence-corrected chi connectivity index (χ0v) is 20.4. The lowest BCUT2D eigenvalue weighted by Gasteiger charge is -2.21. The summed E-state index contributed by atoms with van der Waals surface area (Å²) in [6.07, 6.45) is -0.230. The minimum Gasteiger partial charge on any atom is -0.508 e. The summed E-state index contributed by atoms with van der Waals surface area (Å²) in [5.41, 5.74) is 12.0. The summed E-state index contributed by atoms with van der Waals surface area (Å²) >= 11 is 0. The summed E-state index contributed by atoms with van der Waals surface area (Å²) in [5.74, 6) is -4.15. The van der Waals surface area contributed by atoms with E-state index in [9.17, 15) is 39.3 Å². The fourth-order valence-corrected chi connectivity index (χ4v) is 3.39. The Morgan fingerprint density at radius 1 is 0.763 bits per heavy atom. The molecule has 2 rings (SSSR count). The molecule has 0 aliphatic carbocycles. The van der Waals surface area contributed by atoms with Crippen molar-refractivity contribution in [1.29, 1.82) is 0 Å². The zero-order chi connectivity index (χ0) is 28.2. The van der Waals surface area contributed by atoms with Crippen LogP contribution in [0.4, 0.5) is 0 Å². The predicted molar refractivity (Wildman–Crippen MR) is 135 cm³/mol. The second-order valence-electron chi connectivity index (χ2n) is 8.59. The molecule has 4 amide bonds. The Balaban J connectivity index is 2.02. The lowest BCUT2D eigenvalue weighted by Crippen LogP contribution is -2.54. The Labute approximate surface area is 218 Å². The van der Waals surface area contributed by atoms with Crippen molar-refractivity contribution < 1.29 is 39.3 Å². The number of benzene rings is 2. The standard InChI is InChI=1S/C25H31N5O8/c26-18(9-10-21(27)33)23(35)30-19(11-14-1-5-16(31)6-2-14)24(36)28-13-22(34)29-20(25(37)38)12-15-3-7-17(32)8-4-15/h1-8,18-20,31-32H,9-13,26H2,(H2,27,33)(H,28,36)(H,29,34)(H,30,35)(H,37,38). The quantitative estimate of drug-likeness (QED) is 0.144. The third-order valence-electron chi connectivity index (χ3n) is 5.48. The highest BCUT2D eigenvalue weighted by Crippen LogP contribution is 2.13. The molecule has 0 saturated carbocycles. The van der Waals surface area contributed by atoms with Crippen LogP contribution in [0.5, 0.6) is 11.5 Å². The molecular weight excluding hydrogens is 498 g/mol. The Bertz CT molecular complexity index is 1140. The molecule has 2 aromatic rings. The third-order valence-corrected chi connectivity index (χ3v) is 5.48. The molecule has 0 bridgehead atoms. The van der Waals surface area contributed by atoms with Crippen molar-refractivity contribution in [2.24, 2.45) is 11.5 Å². The lowest BCUT2D eigenvalue weighted by molar-refractivity contribution is -0.141. The number of amides is 4. The smallest absolute Gasteiger partial charge is 0.326 e. The van der Waals surface area contributed by atoms with Crippen LogP contribution in [0.2, 0.25) is 0 Å². The molecular formula is C25H31N5O8. The third kappa shape index (κ3) is 10.1. The molecule has 3 atom stereocenters. The number of aliphatic carboxylic acids is 1. The van der Waals surface area contributed by atoms with Crippen LogP contribution in [0.3, 0.4) is 0 Å². The molecule has 38 heavy (non-hydrogen) atoms. The maximum absolute atomic E-state index is 12.9. The molecule has 0 radical (unpaired) electrons. The van der Waals surface area contributed by atoms with Crippen LogP contribution in [-0.4, -0.2) is 69.6 Å². The number of hydrogen-bond donors (Lipinski definition) is 8. The first kappa shape index (κ1) is 29.6. The van der Waals surface area contributed by atoms with Gasteiger partial charge in [0.15, 0.2) is 0 Å². The largest absolute Gasteiger partial charge is 0.508 e. The first-order chi connectivity index (χ1) is 17.9. The molecule has 13 nitrogen and oxygen atoms in total. The summed E-state index contributed by atoms with van der Waals surface area (Å²) in [5, 5.41) is 35.5. The average molecular weight is 530 g/mol. The highest BCUT2D eigenvalue weighted by atomic mass is 16.4. The average Bonchev–Trinajstić information content (AvgIpc) is 2.87. The number of nitrogens with two attached hydrogens (primary N) is 2. The van der Waals surface area contributed by atoms with Gasteiger partial charge in [-0.15, -0.1) is 0 Å². The van der Waals surface area contributed by atoms with E-state index < -0.39 is 54.3 Å². The summed E-state index contributed by atoms with van der Waals surface area (Å²) < 4.78 is 0. The number of hydrogen-bond acceptors (Lipinski definition) is 8. The van der Waals surface area contributed by atoms with E-state index in [2.05, 4.69) is 16.0 Å². The normalized spacial score (nSPS) is 13.0. The topological polar surface area (TPSA) is 234 Å². The second-order valence-corrected chi connectivity index (χ2v) is 8.59. The molecule has 13 heteroatoms. The van der Waals surface area contributed by atoms with Gasteiger partial charge in [0, 0.05) is 19.3 Å². The van der Waals surface area contributed by atoms with E-state index in [-0.39, 0.29) is 37.2 Å². The van der Waals surface area contributed by atoms with Gasteiger partial charge in [-0.05, 0) is 41.8 Å². The van der Waals surface area contributed by atoms with E-state index >= 15 is 0 Å². The Morgan fingerprint density at radius 2 is 1.26 bits per heavy atom. The van der Waals surface area contributed by atoms with E-state index in [1.165, 1.54) is 36.4 Å². The van der Waals surface area contributed by atoms with Crippen LogP contribution >= 0.6 is 0 Å². The van der Waals surface area contributed by atoms with Crippen molar-refractivity contribution in [3.63, 3.8) is 0 Å². The van der Waals surface area contributed by atoms with E-state index in [0.717, 1.165) is 0 Å². The first-order valence-electron chi connectivity index (χ1n) is 11.6. The minimum atomic E-state index is -1.29. The van der Waals surface area contributed by atoms with Crippen LogP contribution in [-0.2, 0) is 36.8 Å². The second kappa shape index (κ2) is 14.2. The van der Waals surface area contributed by atoms with Gasteiger partial charge in [-0.3, -0.25) is 19.2 Å². The molecule has 0 aliphatic heterocycles. The van der Waals surface area contributed by atoms with Crippen LogP contribution < -0.4 is 27.4 Å². The van der Waals surface area contributed by atoms with E-state index in [1.54, 1.807) is 12.1 Å². The molecule has 3 unspecified atom stereocenters. The number of nitrogens with one attached hydrogen (secondary N) is 3. The maximum Gasteiger partial charge on any atom is 0.326 e. The maximum atomic E-state index is 12.9. The van der Waals surface area contributed by atoms with Crippen LogP contribution in [0.15, 0.2) is 48.5 Å². The molecule has 0 aliphatic rings. The van der Waals surface area contributed by atoms with Crippen molar-refractivity contribution in [1.82, 2.24) is 16.0 Å². The molecule has 0 fully saturated rings. The minimum absolute atomic E-state index is 0.00391. The lowest BCUT2D eigenvalue weighted by atomic mass is 10.0. The van der Waals surface area contributed by atoms with E-state index in [0.29, 0.717) is 11.1 Å². The zero-order valence-electron chi connectivity index (χ0n) is 20.4. The molecule has 2 aromatic carbocycles. The van der Waals surface area contributed by atoms with E-state index in [4.69, 9.17) is 11.5 Å². The Hall–Kier alpha value is -4.65. The van der Waals surface area contributed by atoms with Gasteiger partial charge < -0.3 is 42.7 Å². The number of carboxylic acid groups (broad SMARTS) is 1. The Morgan fingerprint density at radius 3 is 1.74 bits per heavy atom. The van der Waals surface area contributed by atoms with Crippen molar-refractivity contribution in [3.05, 3.63) is 59.7 Å². The van der Waals surface area contributed by atoms with Gasteiger partial charge in [-0.25, -0.2) is 4.79 Å².